The lowest BCUT2D eigenvalue weighted by Gasteiger charge is -2.15. The summed E-state index contributed by atoms with van der Waals surface area (Å²) in [4.78, 5) is 11.2. The molecule has 0 saturated carbocycles. The Morgan fingerprint density at radius 2 is 2.14 bits per heavy atom. The summed E-state index contributed by atoms with van der Waals surface area (Å²) in [6.07, 6.45) is 10.4. The van der Waals surface area contributed by atoms with Gasteiger partial charge in [0.25, 0.3) is 0 Å². The number of aromatic nitrogens is 2. The van der Waals surface area contributed by atoms with Crippen molar-refractivity contribution in [2.45, 2.75) is 13.0 Å². The average molecular weight is 374 g/mol. The fourth-order valence-electron chi connectivity index (χ4n) is 2.87. The van der Waals surface area contributed by atoms with Crippen LogP contribution in [0.15, 0.2) is 79.7 Å². The molecule has 0 saturated heterocycles. The molecule has 1 aliphatic heterocycles. The van der Waals surface area contributed by atoms with Crippen LogP contribution in [0, 0.1) is 0 Å². The summed E-state index contributed by atoms with van der Waals surface area (Å²) in [6.45, 7) is 10.3. The fraction of sp³-hybridized carbons (Fsp3) is 0.217. The van der Waals surface area contributed by atoms with Gasteiger partial charge in [0, 0.05) is 25.0 Å². The van der Waals surface area contributed by atoms with E-state index in [0.29, 0.717) is 18.3 Å². The molecule has 2 heterocycles. The lowest BCUT2D eigenvalue weighted by Crippen LogP contribution is -2.17. The van der Waals surface area contributed by atoms with Gasteiger partial charge in [0.1, 0.15) is 5.76 Å². The van der Waals surface area contributed by atoms with Gasteiger partial charge in [-0.05, 0) is 55.0 Å². The van der Waals surface area contributed by atoms with Crippen LogP contribution >= 0.6 is 0 Å². The number of anilines is 2. The Kier molecular flexibility index (Phi) is 6.76. The molecule has 5 nitrogen and oxygen atoms in total. The minimum absolute atomic E-state index is 0.530. The highest BCUT2D eigenvalue weighted by atomic mass is 16.5. The molecule has 1 aromatic carbocycles. The quantitative estimate of drug-likeness (QED) is 0.733. The topological polar surface area (TPSA) is 50.3 Å². The molecule has 1 aliphatic rings. The second kappa shape index (κ2) is 9.67. The van der Waals surface area contributed by atoms with Gasteiger partial charge < -0.3 is 10.1 Å². The maximum absolute atomic E-state index is 5.80. The molecule has 1 aromatic heterocycles. The SMILES string of the molecule is C=C/C1=C\C(=C)c2ccnc(n2)Nc2cccc(c2)CN(C)C/C=C/CCO1. The third-order valence-electron chi connectivity index (χ3n) is 4.27. The first-order valence-electron chi connectivity index (χ1n) is 9.33. The lowest BCUT2D eigenvalue weighted by molar-refractivity contribution is 0.231. The molecule has 0 atom stereocenters. The van der Waals surface area contributed by atoms with Gasteiger partial charge in [-0.2, -0.15) is 0 Å². The van der Waals surface area contributed by atoms with E-state index >= 15 is 0 Å². The molecular formula is C23H26N4O. The van der Waals surface area contributed by atoms with E-state index in [-0.39, 0.29) is 0 Å². The van der Waals surface area contributed by atoms with Crippen molar-refractivity contribution in [3.8, 4) is 0 Å². The molecule has 0 fully saturated rings. The van der Waals surface area contributed by atoms with Crippen molar-refractivity contribution >= 4 is 17.2 Å². The van der Waals surface area contributed by atoms with E-state index in [0.717, 1.165) is 36.5 Å². The normalized spacial score (nSPS) is 19.2. The number of rotatable bonds is 1. The van der Waals surface area contributed by atoms with Crippen LogP contribution in [-0.4, -0.2) is 35.1 Å². The number of allylic oxidation sites excluding steroid dienone is 3. The number of nitrogens with zero attached hydrogens (tertiary/aromatic N) is 3. The highest BCUT2D eigenvalue weighted by Gasteiger charge is 2.06. The molecule has 3 rings (SSSR count). The van der Waals surface area contributed by atoms with Crippen molar-refractivity contribution < 1.29 is 4.74 Å². The van der Waals surface area contributed by atoms with Crippen molar-refractivity contribution in [3.05, 3.63) is 91.0 Å². The molecule has 0 spiro atoms. The van der Waals surface area contributed by atoms with Crippen molar-refractivity contribution in [2.24, 2.45) is 0 Å². The van der Waals surface area contributed by atoms with Crippen LogP contribution in [0.1, 0.15) is 17.7 Å². The number of nitrogens with one attached hydrogen (secondary N) is 1. The Morgan fingerprint density at radius 1 is 1.25 bits per heavy atom. The monoisotopic (exact) mass is 374 g/mol. The van der Waals surface area contributed by atoms with Crippen LogP contribution in [0.3, 0.4) is 0 Å². The van der Waals surface area contributed by atoms with Crippen LogP contribution in [0.2, 0.25) is 0 Å². The third-order valence-corrected chi connectivity index (χ3v) is 4.27. The second-order valence-corrected chi connectivity index (χ2v) is 6.67. The summed E-state index contributed by atoms with van der Waals surface area (Å²) >= 11 is 0. The van der Waals surface area contributed by atoms with Crippen LogP contribution in [0.4, 0.5) is 11.6 Å². The summed E-state index contributed by atoms with van der Waals surface area (Å²) in [5.74, 6) is 1.21. The molecule has 0 amide bonds. The predicted molar refractivity (Wildman–Crippen MR) is 115 cm³/mol. The Labute approximate surface area is 166 Å². The standard InChI is InChI=1S/C23H26N4O/c1-4-21-15-18(2)22-11-12-24-23(26-22)25-20-10-8-9-19(16-20)17-27(3)13-6-5-7-14-28-21/h4-6,8-12,15-16H,1-2,7,13-14,17H2,3H3,(H,24,25,26)/b6-5+,21-15+. The van der Waals surface area contributed by atoms with Gasteiger partial charge >= 0.3 is 0 Å². The average Bonchev–Trinajstić information content (AvgIpc) is 2.69. The predicted octanol–water partition coefficient (Wildman–Crippen LogP) is 4.71. The number of likely N-dealkylation sites (N-methyl/N-ethyl adjacent to an activating group) is 1. The van der Waals surface area contributed by atoms with E-state index in [9.17, 15) is 0 Å². The van der Waals surface area contributed by atoms with E-state index in [2.05, 4.69) is 64.7 Å². The maximum atomic E-state index is 5.80. The molecule has 0 radical (unpaired) electrons. The van der Waals surface area contributed by atoms with E-state index in [1.165, 1.54) is 5.56 Å². The molecule has 0 aliphatic carbocycles. The smallest absolute Gasteiger partial charge is 0.227 e. The highest BCUT2D eigenvalue weighted by molar-refractivity contribution is 5.71. The molecule has 5 heteroatoms. The number of benzene rings is 1. The number of ether oxygens (including phenoxy) is 1. The summed E-state index contributed by atoms with van der Waals surface area (Å²) in [5, 5.41) is 3.28. The third kappa shape index (κ3) is 5.66. The summed E-state index contributed by atoms with van der Waals surface area (Å²) in [6, 6.07) is 10.1. The van der Waals surface area contributed by atoms with Crippen LogP contribution in [-0.2, 0) is 11.3 Å². The number of fused-ring (bicyclic) bond motifs is 4. The second-order valence-electron chi connectivity index (χ2n) is 6.67. The Balaban J connectivity index is 1.91. The van der Waals surface area contributed by atoms with Gasteiger partial charge in [0.05, 0.1) is 12.3 Å². The number of hydrogen-bond acceptors (Lipinski definition) is 5. The zero-order chi connectivity index (χ0) is 19.8. The molecule has 1 N–H and O–H groups in total. The first-order chi connectivity index (χ1) is 13.6. The molecule has 2 aromatic rings. The largest absolute Gasteiger partial charge is 0.493 e. The Morgan fingerprint density at radius 3 is 3.00 bits per heavy atom. The first-order valence-corrected chi connectivity index (χ1v) is 9.33. The van der Waals surface area contributed by atoms with Gasteiger partial charge in [-0.25, -0.2) is 9.97 Å². The van der Waals surface area contributed by atoms with Crippen molar-refractivity contribution in [2.75, 3.05) is 25.5 Å². The summed E-state index contributed by atoms with van der Waals surface area (Å²) in [7, 11) is 2.11. The minimum atomic E-state index is 0.530. The van der Waals surface area contributed by atoms with Crippen molar-refractivity contribution in [1.82, 2.24) is 14.9 Å². The highest BCUT2D eigenvalue weighted by Crippen LogP contribution is 2.19. The summed E-state index contributed by atoms with van der Waals surface area (Å²) < 4.78 is 5.80. The first kappa shape index (κ1) is 19.6. The fourth-order valence-corrected chi connectivity index (χ4v) is 2.87. The van der Waals surface area contributed by atoms with E-state index < -0.39 is 0 Å². The van der Waals surface area contributed by atoms with Gasteiger partial charge in [0.2, 0.25) is 5.95 Å². The van der Waals surface area contributed by atoms with Crippen LogP contribution in [0.5, 0.6) is 0 Å². The lowest BCUT2D eigenvalue weighted by atomic mass is 10.2. The van der Waals surface area contributed by atoms with Gasteiger partial charge in [-0.3, -0.25) is 4.90 Å². The maximum Gasteiger partial charge on any atom is 0.227 e. The van der Waals surface area contributed by atoms with E-state index in [4.69, 9.17) is 4.74 Å². The minimum Gasteiger partial charge on any atom is -0.493 e. The van der Waals surface area contributed by atoms with Crippen molar-refractivity contribution in [3.63, 3.8) is 0 Å². The van der Waals surface area contributed by atoms with E-state index in [1.807, 2.05) is 24.3 Å². The van der Waals surface area contributed by atoms with Gasteiger partial charge in [-0.1, -0.05) is 37.4 Å². The number of hydrogen-bond donors (Lipinski definition) is 1. The van der Waals surface area contributed by atoms with Gasteiger partial charge in [-0.15, -0.1) is 0 Å². The molecular weight excluding hydrogens is 348 g/mol. The van der Waals surface area contributed by atoms with Crippen LogP contribution < -0.4 is 5.32 Å². The van der Waals surface area contributed by atoms with Gasteiger partial charge in [0.15, 0.2) is 0 Å². The Bertz CT molecular complexity index is 901. The Hall–Kier alpha value is -3.18. The molecule has 0 unspecified atom stereocenters. The summed E-state index contributed by atoms with van der Waals surface area (Å²) in [5.41, 5.74) is 3.66. The molecule has 4 bridgehead atoms. The zero-order valence-electron chi connectivity index (χ0n) is 16.3. The van der Waals surface area contributed by atoms with Crippen molar-refractivity contribution in [1.29, 1.82) is 0 Å². The van der Waals surface area contributed by atoms with Crippen LogP contribution in [0.25, 0.3) is 5.57 Å². The molecule has 28 heavy (non-hydrogen) atoms. The molecule has 144 valence electrons. The van der Waals surface area contributed by atoms with E-state index in [1.54, 1.807) is 12.3 Å². The zero-order valence-corrected chi connectivity index (χ0v) is 16.3.